The van der Waals surface area contributed by atoms with Crippen LogP contribution in [-0.4, -0.2) is 18.6 Å². The molecule has 0 radical (unpaired) electrons. The maximum absolute atomic E-state index is 13.0. The maximum Gasteiger partial charge on any atom is 0.133 e. The minimum Gasteiger partial charge on any atom is -0.329 e. The molecule has 0 aliphatic heterocycles. The van der Waals surface area contributed by atoms with E-state index in [9.17, 15) is 4.39 Å². The van der Waals surface area contributed by atoms with E-state index in [0.717, 1.165) is 30.3 Å². The number of benzene rings is 1. The number of halogens is 1. The zero-order valence-electron chi connectivity index (χ0n) is 12.2. The van der Waals surface area contributed by atoms with Crippen molar-refractivity contribution in [2.24, 2.45) is 0 Å². The lowest BCUT2D eigenvalue weighted by atomic mass is 10.2. The number of aromatic nitrogens is 1. The Bertz CT molecular complexity index is 566. The molecule has 0 amide bonds. The van der Waals surface area contributed by atoms with Gasteiger partial charge in [0.25, 0.3) is 0 Å². The fourth-order valence-electron chi connectivity index (χ4n) is 2.06. The molecule has 0 atom stereocenters. The van der Waals surface area contributed by atoms with Crippen LogP contribution in [0.15, 0.2) is 36.4 Å². The Morgan fingerprint density at radius 3 is 2.55 bits per heavy atom. The summed E-state index contributed by atoms with van der Waals surface area (Å²) < 4.78 is 13.0. The van der Waals surface area contributed by atoms with Crippen molar-refractivity contribution in [3.63, 3.8) is 0 Å². The van der Waals surface area contributed by atoms with E-state index < -0.39 is 0 Å². The first-order valence-corrected chi connectivity index (χ1v) is 6.77. The summed E-state index contributed by atoms with van der Waals surface area (Å²) in [6.45, 7) is 5.83. The van der Waals surface area contributed by atoms with Gasteiger partial charge in [-0.25, -0.2) is 9.37 Å². The van der Waals surface area contributed by atoms with E-state index in [1.54, 1.807) is 12.1 Å². The SMILES string of the molecule is CCNCc1cc(C)nc(N(C)c2ccc(F)cc2)c1. The first-order valence-electron chi connectivity index (χ1n) is 6.77. The number of aryl methyl sites for hydroxylation is 1. The van der Waals surface area contributed by atoms with Crippen molar-refractivity contribution in [1.82, 2.24) is 10.3 Å². The van der Waals surface area contributed by atoms with E-state index in [1.165, 1.54) is 17.7 Å². The highest BCUT2D eigenvalue weighted by atomic mass is 19.1. The molecule has 0 aliphatic carbocycles. The monoisotopic (exact) mass is 273 g/mol. The Balaban J connectivity index is 2.26. The minimum atomic E-state index is -0.229. The first kappa shape index (κ1) is 14.5. The summed E-state index contributed by atoms with van der Waals surface area (Å²) in [6, 6.07) is 10.6. The maximum atomic E-state index is 13.0. The van der Waals surface area contributed by atoms with Gasteiger partial charge in [0.1, 0.15) is 11.6 Å². The van der Waals surface area contributed by atoms with Gasteiger partial charge in [-0.15, -0.1) is 0 Å². The van der Waals surface area contributed by atoms with Crippen molar-refractivity contribution < 1.29 is 4.39 Å². The predicted octanol–water partition coefficient (Wildman–Crippen LogP) is 3.41. The highest BCUT2D eigenvalue weighted by molar-refractivity contribution is 5.59. The largest absolute Gasteiger partial charge is 0.329 e. The van der Waals surface area contributed by atoms with Gasteiger partial charge in [-0.05, 0) is 55.4 Å². The van der Waals surface area contributed by atoms with Gasteiger partial charge in [-0.3, -0.25) is 0 Å². The third kappa shape index (κ3) is 3.54. The number of pyridine rings is 1. The Morgan fingerprint density at radius 2 is 1.90 bits per heavy atom. The summed E-state index contributed by atoms with van der Waals surface area (Å²) in [6.07, 6.45) is 0. The molecule has 3 nitrogen and oxygen atoms in total. The van der Waals surface area contributed by atoms with E-state index in [0.29, 0.717) is 0 Å². The van der Waals surface area contributed by atoms with Crippen LogP contribution in [0.4, 0.5) is 15.9 Å². The molecular weight excluding hydrogens is 253 g/mol. The molecule has 1 aromatic heterocycles. The predicted molar refractivity (Wildman–Crippen MR) is 80.8 cm³/mol. The van der Waals surface area contributed by atoms with Gasteiger partial charge in [-0.1, -0.05) is 6.92 Å². The Labute approximate surface area is 119 Å². The lowest BCUT2D eigenvalue weighted by Gasteiger charge is -2.20. The molecule has 1 aromatic carbocycles. The van der Waals surface area contributed by atoms with E-state index in [-0.39, 0.29) is 5.82 Å². The number of hydrogen-bond acceptors (Lipinski definition) is 3. The van der Waals surface area contributed by atoms with Crippen molar-refractivity contribution in [2.75, 3.05) is 18.5 Å². The van der Waals surface area contributed by atoms with Crippen LogP contribution in [0, 0.1) is 12.7 Å². The van der Waals surface area contributed by atoms with Crippen molar-refractivity contribution in [1.29, 1.82) is 0 Å². The van der Waals surface area contributed by atoms with Gasteiger partial charge >= 0.3 is 0 Å². The Morgan fingerprint density at radius 1 is 1.20 bits per heavy atom. The molecular formula is C16H20FN3. The van der Waals surface area contributed by atoms with E-state index in [1.807, 2.05) is 18.9 Å². The van der Waals surface area contributed by atoms with Crippen LogP contribution in [0.5, 0.6) is 0 Å². The molecule has 0 unspecified atom stereocenters. The summed E-state index contributed by atoms with van der Waals surface area (Å²) in [7, 11) is 1.94. The lowest BCUT2D eigenvalue weighted by Crippen LogP contribution is -2.15. The Kier molecular flexibility index (Phi) is 4.69. The second-order valence-corrected chi connectivity index (χ2v) is 4.79. The van der Waals surface area contributed by atoms with Crippen molar-refractivity contribution >= 4 is 11.5 Å². The van der Waals surface area contributed by atoms with E-state index in [2.05, 4.69) is 29.4 Å². The van der Waals surface area contributed by atoms with Crippen LogP contribution in [0.3, 0.4) is 0 Å². The first-order chi connectivity index (χ1) is 9.60. The van der Waals surface area contributed by atoms with Gasteiger partial charge < -0.3 is 10.2 Å². The molecule has 106 valence electrons. The molecule has 0 bridgehead atoms. The van der Waals surface area contributed by atoms with Crippen LogP contribution in [0.1, 0.15) is 18.2 Å². The number of rotatable bonds is 5. The summed E-state index contributed by atoms with van der Waals surface area (Å²) in [4.78, 5) is 6.51. The van der Waals surface area contributed by atoms with Gasteiger partial charge in [-0.2, -0.15) is 0 Å². The van der Waals surface area contributed by atoms with Crippen LogP contribution in [0.2, 0.25) is 0 Å². The minimum absolute atomic E-state index is 0.229. The molecule has 2 rings (SSSR count). The standard InChI is InChI=1S/C16H20FN3/c1-4-18-11-13-9-12(2)19-16(10-13)20(3)15-7-5-14(17)6-8-15/h5-10,18H,4,11H2,1-3H3. The average Bonchev–Trinajstić information content (AvgIpc) is 2.44. The molecule has 4 heteroatoms. The zero-order valence-corrected chi connectivity index (χ0v) is 12.2. The fourth-order valence-corrected chi connectivity index (χ4v) is 2.06. The molecule has 0 spiro atoms. The smallest absolute Gasteiger partial charge is 0.133 e. The highest BCUT2D eigenvalue weighted by Crippen LogP contribution is 2.23. The second kappa shape index (κ2) is 6.48. The Hall–Kier alpha value is -1.94. The molecule has 0 aliphatic rings. The summed E-state index contributed by atoms with van der Waals surface area (Å²) in [5, 5.41) is 3.31. The van der Waals surface area contributed by atoms with Crippen LogP contribution < -0.4 is 10.2 Å². The fraction of sp³-hybridized carbons (Fsp3) is 0.312. The summed E-state index contributed by atoms with van der Waals surface area (Å²) >= 11 is 0. The number of hydrogen-bond donors (Lipinski definition) is 1. The van der Waals surface area contributed by atoms with Gasteiger partial charge in [0.15, 0.2) is 0 Å². The number of nitrogens with one attached hydrogen (secondary N) is 1. The average molecular weight is 273 g/mol. The number of anilines is 2. The third-order valence-corrected chi connectivity index (χ3v) is 3.14. The lowest BCUT2D eigenvalue weighted by molar-refractivity contribution is 0.628. The topological polar surface area (TPSA) is 28.2 Å². The molecule has 0 saturated carbocycles. The molecule has 1 N–H and O–H groups in total. The van der Waals surface area contributed by atoms with E-state index in [4.69, 9.17) is 0 Å². The molecule has 1 heterocycles. The van der Waals surface area contributed by atoms with Crippen LogP contribution in [0.25, 0.3) is 0 Å². The number of nitrogens with zero attached hydrogens (tertiary/aromatic N) is 2. The molecule has 0 fully saturated rings. The zero-order chi connectivity index (χ0) is 14.5. The summed E-state index contributed by atoms with van der Waals surface area (Å²) in [5.74, 6) is 0.636. The van der Waals surface area contributed by atoms with E-state index >= 15 is 0 Å². The normalized spacial score (nSPS) is 10.6. The van der Waals surface area contributed by atoms with Gasteiger partial charge in [0, 0.05) is 25.0 Å². The van der Waals surface area contributed by atoms with Gasteiger partial charge in [0.05, 0.1) is 0 Å². The molecule has 0 saturated heterocycles. The van der Waals surface area contributed by atoms with Crippen molar-refractivity contribution in [3.05, 3.63) is 53.5 Å². The quantitative estimate of drug-likeness (QED) is 0.905. The highest BCUT2D eigenvalue weighted by Gasteiger charge is 2.07. The second-order valence-electron chi connectivity index (χ2n) is 4.79. The van der Waals surface area contributed by atoms with Crippen LogP contribution in [-0.2, 0) is 6.54 Å². The summed E-state index contributed by atoms with van der Waals surface area (Å²) in [5.41, 5.74) is 3.09. The van der Waals surface area contributed by atoms with Crippen molar-refractivity contribution in [2.45, 2.75) is 20.4 Å². The van der Waals surface area contributed by atoms with Crippen molar-refractivity contribution in [3.8, 4) is 0 Å². The molecule has 2 aromatic rings. The van der Waals surface area contributed by atoms with Gasteiger partial charge in [0.2, 0.25) is 0 Å². The third-order valence-electron chi connectivity index (χ3n) is 3.14. The molecule has 20 heavy (non-hydrogen) atoms. The van der Waals surface area contributed by atoms with Crippen LogP contribution >= 0.6 is 0 Å².